The van der Waals surface area contributed by atoms with Gasteiger partial charge in [-0.3, -0.25) is 0 Å². The van der Waals surface area contributed by atoms with Crippen molar-refractivity contribution in [2.45, 2.75) is 64.5 Å². The number of nitrogens with one attached hydrogen (secondary N) is 1. The van der Waals surface area contributed by atoms with Gasteiger partial charge in [0.05, 0.1) is 0 Å². The Bertz CT molecular complexity index is 210. The summed E-state index contributed by atoms with van der Waals surface area (Å²) in [4.78, 5) is 5.00. The molecule has 1 atom stereocenters. The molecule has 1 aliphatic heterocycles. The summed E-state index contributed by atoms with van der Waals surface area (Å²) < 4.78 is 0. The lowest BCUT2D eigenvalue weighted by atomic mass is 10.0. The number of likely N-dealkylation sites (tertiary alicyclic amines) is 1. The van der Waals surface area contributed by atoms with E-state index in [-0.39, 0.29) is 0 Å². The Morgan fingerprint density at radius 2 is 1.89 bits per heavy atom. The van der Waals surface area contributed by atoms with Crippen molar-refractivity contribution in [1.82, 2.24) is 15.1 Å². The van der Waals surface area contributed by atoms with Gasteiger partial charge in [0, 0.05) is 25.2 Å². The molecular formula is C16H35N3. The van der Waals surface area contributed by atoms with Gasteiger partial charge in [0.1, 0.15) is 0 Å². The van der Waals surface area contributed by atoms with Crippen molar-refractivity contribution in [1.29, 1.82) is 0 Å². The summed E-state index contributed by atoms with van der Waals surface area (Å²) in [5.41, 5.74) is 0. The fraction of sp³-hybridized carbons (Fsp3) is 1.00. The number of nitrogens with zero attached hydrogens (tertiary/aromatic N) is 2. The molecule has 0 aromatic carbocycles. The molecule has 0 saturated carbocycles. The average molecular weight is 269 g/mol. The fourth-order valence-electron chi connectivity index (χ4n) is 2.93. The van der Waals surface area contributed by atoms with Crippen LogP contribution in [0.4, 0.5) is 0 Å². The van der Waals surface area contributed by atoms with Gasteiger partial charge in [-0.05, 0) is 53.4 Å². The Morgan fingerprint density at radius 3 is 2.47 bits per heavy atom. The highest BCUT2D eigenvalue weighted by Crippen LogP contribution is 2.13. The number of hydrogen-bond donors (Lipinski definition) is 1. The number of hydrogen-bond acceptors (Lipinski definition) is 3. The maximum Gasteiger partial charge on any atom is 0.0113 e. The highest BCUT2D eigenvalue weighted by Gasteiger charge is 2.19. The molecule has 0 amide bonds. The normalized spacial score (nSPS) is 20.1. The van der Waals surface area contributed by atoms with E-state index in [0.717, 1.165) is 12.6 Å². The molecule has 0 aromatic rings. The van der Waals surface area contributed by atoms with Gasteiger partial charge in [-0.15, -0.1) is 0 Å². The summed E-state index contributed by atoms with van der Waals surface area (Å²) in [6, 6.07) is 1.49. The standard InChI is InChI=1S/C16H35N3/c1-5-6-7-8-15(2)17-11-14-19-12-9-16(10-13-19)18(3)4/h15-17H,5-14H2,1-4H3. The molecule has 1 saturated heterocycles. The maximum atomic E-state index is 3.67. The van der Waals surface area contributed by atoms with Crippen molar-refractivity contribution in [2.75, 3.05) is 40.3 Å². The zero-order chi connectivity index (χ0) is 14.1. The van der Waals surface area contributed by atoms with Gasteiger partial charge in [-0.1, -0.05) is 26.2 Å². The summed E-state index contributed by atoms with van der Waals surface area (Å²) in [5.74, 6) is 0. The van der Waals surface area contributed by atoms with Gasteiger partial charge in [-0.25, -0.2) is 0 Å². The third kappa shape index (κ3) is 7.28. The third-order valence-electron chi connectivity index (χ3n) is 4.45. The van der Waals surface area contributed by atoms with Crippen molar-refractivity contribution in [3.05, 3.63) is 0 Å². The first kappa shape index (κ1) is 16.9. The number of rotatable bonds is 9. The van der Waals surface area contributed by atoms with Crippen LogP contribution in [0.15, 0.2) is 0 Å². The highest BCUT2D eigenvalue weighted by atomic mass is 15.2. The molecule has 19 heavy (non-hydrogen) atoms. The van der Waals surface area contributed by atoms with Crippen LogP contribution in [-0.4, -0.2) is 62.2 Å². The first-order valence-corrected chi connectivity index (χ1v) is 8.25. The lowest BCUT2D eigenvalue weighted by Crippen LogP contribution is -2.44. The molecule has 3 nitrogen and oxygen atoms in total. The summed E-state index contributed by atoms with van der Waals surface area (Å²) in [5, 5.41) is 3.67. The van der Waals surface area contributed by atoms with E-state index in [1.807, 2.05) is 0 Å². The minimum Gasteiger partial charge on any atom is -0.313 e. The second-order valence-electron chi connectivity index (χ2n) is 6.39. The summed E-state index contributed by atoms with van der Waals surface area (Å²) >= 11 is 0. The van der Waals surface area contributed by atoms with Crippen LogP contribution < -0.4 is 5.32 Å². The largest absolute Gasteiger partial charge is 0.313 e. The second kappa shape index (κ2) is 9.73. The zero-order valence-electron chi connectivity index (χ0n) is 13.6. The lowest BCUT2D eigenvalue weighted by Gasteiger charge is -2.35. The van der Waals surface area contributed by atoms with E-state index in [2.05, 4.69) is 43.1 Å². The first-order chi connectivity index (χ1) is 9.13. The molecule has 1 fully saturated rings. The third-order valence-corrected chi connectivity index (χ3v) is 4.45. The van der Waals surface area contributed by atoms with Crippen molar-refractivity contribution in [3.63, 3.8) is 0 Å². The number of piperidine rings is 1. The Hall–Kier alpha value is -0.120. The molecule has 0 spiro atoms. The van der Waals surface area contributed by atoms with Gasteiger partial charge in [0.2, 0.25) is 0 Å². The Labute approximate surface area is 120 Å². The number of unbranched alkanes of at least 4 members (excludes halogenated alkanes) is 2. The fourth-order valence-corrected chi connectivity index (χ4v) is 2.93. The summed E-state index contributed by atoms with van der Waals surface area (Å²) in [7, 11) is 4.42. The Balaban J connectivity index is 2.01. The molecule has 1 aliphatic rings. The van der Waals surface area contributed by atoms with Crippen LogP contribution in [0.25, 0.3) is 0 Å². The molecule has 0 bridgehead atoms. The molecular weight excluding hydrogens is 234 g/mol. The van der Waals surface area contributed by atoms with E-state index < -0.39 is 0 Å². The van der Waals surface area contributed by atoms with Gasteiger partial charge in [-0.2, -0.15) is 0 Å². The van der Waals surface area contributed by atoms with Crippen LogP contribution in [-0.2, 0) is 0 Å². The first-order valence-electron chi connectivity index (χ1n) is 8.25. The van der Waals surface area contributed by atoms with E-state index in [0.29, 0.717) is 6.04 Å². The summed E-state index contributed by atoms with van der Waals surface area (Å²) in [6.07, 6.45) is 8.07. The van der Waals surface area contributed by atoms with Crippen LogP contribution in [0.2, 0.25) is 0 Å². The predicted molar refractivity (Wildman–Crippen MR) is 84.8 cm³/mol. The molecule has 1 N–H and O–H groups in total. The lowest BCUT2D eigenvalue weighted by molar-refractivity contribution is 0.144. The van der Waals surface area contributed by atoms with Crippen molar-refractivity contribution in [2.24, 2.45) is 0 Å². The SMILES string of the molecule is CCCCCC(C)NCCN1CCC(N(C)C)CC1. The molecule has 0 aromatic heterocycles. The van der Waals surface area contributed by atoms with Crippen molar-refractivity contribution < 1.29 is 0 Å². The van der Waals surface area contributed by atoms with E-state index in [1.165, 1.54) is 58.2 Å². The minimum absolute atomic E-state index is 0.686. The van der Waals surface area contributed by atoms with Gasteiger partial charge < -0.3 is 15.1 Å². The molecule has 0 aliphatic carbocycles. The van der Waals surface area contributed by atoms with Gasteiger partial charge >= 0.3 is 0 Å². The highest BCUT2D eigenvalue weighted by molar-refractivity contribution is 4.77. The molecule has 1 rings (SSSR count). The van der Waals surface area contributed by atoms with Crippen LogP contribution in [0.5, 0.6) is 0 Å². The Kier molecular flexibility index (Phi) is 8.67. The smallest absolute Gasteiger partial charge is 0.0113 e. The molecule has 1 unspecified atom stereocenters. The zero-order valence-corrected chi connectivity index (χ0v) is 13.6. The van der Waals surface area contributed by atoms with Gasteiger partial charge in [0.15, 0.2) is 0 Å². The van der Waals surface area contributed by atoms with Crippen molar-refractivity contribution in [3.8, 4) is 0 Å². The molecule has 3 heteroatoms. The monoisotopic (exact) mass is 269 g/mol. The molecule has 1 heterocycles. The van der Waals surface area contributed by atoms with Crippen LogP contribution in [0, 0.1) is 0 Å². The topological polar surface area (TPSA) is 18.5 Å². The minimum atomic E-state index is 0.686. The van der Waals surface area contributed by atoms with Gasteiger partial charge in [0.25, 0.3) is 0 Å². The molecule has 0 radical (unpaired) electrons. The predicted octanol–water partition coefficient (Wildman–Crippen LogP) is 2.57. The van der Waals surface area contributed by atoms with E-state index in [4.69, 9.17) is 0 Å². The average Bonchev–Trinajstić information content (AvgIpc) is 2.39. The van der Waals surface area contributed by atoms with E-state index in [9.17, 15) is 0 Å². The van der Waals surface area contributed by atoms with E-state index in [1.54, 1.807) is 0 Å². The van der Waals surface area contributed by atoms with Crippen LogP contribution in [0.3, 0.4) is 0 Å². The maximum absolute atomic E-state index is 3.67. The van der Waals surface area contributed by atoms with Crippen LogP contribution in [0.1, 0.15) is 52.4 Å². The van der Waals surface area contributed by atoms with E-state index >= 15 is 0 Å². The quantitative estimate of drug-likeness (QED) is 0.649. The van der Waals surface area contributed by atoms with Crippen LogP contribution >= 0.6 is 0 Å². The second-order valence-corrected chi connectivity index (χ2v) is 6.39. The Morgan fingerprint density at radius 1 is 1.21 bits per heavy atom. The van der Waals surface area contributed by atoms with Crippen molar-refractivity contribution >= 4 is 0 Å². The summed E-state index contributed by atoms with van der Waals surface area (Å²) in [6.45, 7) is 9.52. The molecule has 114 valence electrons.